The maximum atomic E-state index is 12.8. The lowest BCUT2D eigenvalue weighted by Gasteiger charge is -2.22. The predicted octanol–water partition coefficient (Wildman–Crippen LogP) is 2.22. The molecule has 1 aliphatic heterocycles. The van der Waals surface area contributed by atoms with Crippen LogP contribution in [0.15, 0.2) is 59.5 Å². The lowest BCUT2D eigenvalue weighted by molar-refractivity contribution is -0.132. The summed E-state index contributed by atoms with van der Waals surface area (Å²) in [5.41, 5.74) is 7.19. The van der Waals surface area contributed by atoms with E-state index < -0.39 is 22.0 Å². The van der Waals surface area contributed by atoms with Gasteiger partial charge in [-0.2, -0.15) is 0 Å². The minimum atomic E-state index is -3.35. The number of hydrogen-bond donors (Lipinski definition) is 2. The van der Waals surface area contributed by atoms with Gasteiger partial charge in [0, 0.05) is 12.8 Å². The number of amides is 1. The molecule has 0 aromatic heterocycles. The zero-order chi connectivity index (χ0) is 19.4. The van der Waals surface area contributed by atoms with Crippen molar-refractivity contribution < 1.29 is 17.9 Å². The Morgan fingerprint density at radius 1 is 1.14 bits per heavy atom. The van der Waals surface area contributed by atoms with Crippen LogP contribution < -0.4 is 11.1 Å². The van der Waals surface area contributed by atoms with Crippen molar-refractivity contribution in [2.45, 2.75) is 36.0 Å². The van der Waals surface area contributed by atoms with E-state index in [2.05, 4.69) is 5.32 Å². The smallest absolute Gasteiger partial charge is 0.249 e. The summed E-state index contributed by atoms with van der Waals surface area (Å²) in [6.07, 6.45) is 1.92. The van der Waals surface area contributed by atoms with Gasteiger partial charge in [-0.05, 0) is 36.1 Å². The molecule has 8 heteroatoms. The largest absolute Gasteiger partial charge is 0.364 e. The number of carbonyl (C=O) groups excluding carboxylic acids is 1. The fourth-order valence-electron chi connectivity index (χ4n) is 3.24. The summed E-state index contributed by atoms with van der Waals surface area (Å²) in [5, 5.41) is 3.02. The number of carbonyl (C=O) groups is 1. The highest BCUT2D eigenvalue weighted by Gasteiger charge is 2.31. The molecular formula is C20H25ClN2O4S. The van der Waals surface area contributed by atoms with Crippen LogP contribution in [0.3, 0.4) is 0 Å². The van der Waals surface area contributed by atoms with Gasteiger partial charge in [0.25, 0.3) is 0 Å². The molecule has 1 fully saturated rings. The highest BCUT2D eigenvalue weighted by molar-refractivity contribution is 7.90. The van der Waals surface area contributed by atoms with Crippen LogP contribution in [0.1, 0.15) is 30.0 Å². The third-order valence-corrected chi connectivity index (χ3v) is 5.81. The van der Waals surface area contributed by atoms with Crippen molar-refractivity contribution in [2.75, 3.05) is 12.8 Å². The van der Waals surface area contributed by atoms with Crippen LogP contribution in [-0.4, -0.2) is 39.3 Å². The van der Waals surface area contributed by atoms with Gasteiger partial charge < -0.3 is 15.8 Å². The minimum Gasteiger partial charge on any atom is -0.364 e. The zero-order valence-corrected chi connectivity index (χ0v) is 17.2. The van der Waals surface area contributed by atoms with E-state index in [-0.39, 0.29) is 29.3 Å². The van der Waals surface area contributed by atoms with Gasteiger partial charge in [0.05, 0.1) is 17.0 Å². The molecule has 1 heterocycles. The van der Waals surface area contributed by atoms with Crippen LogP contribution in [0, 0.1) is 0 Å². The Labute approximate surface area is 171 Å². The highest BCUT2D eigenvalue weighted by atomic mass is 35.5. The third-order valence-electron chi connectivity index (χ3n) is 4.70. The molecule has 0 aliphatic carbocycles. The molecule has 3 atom stereocenters. The van der Waals surface area contributed by atoms with E-state index in [0.29, 0.717) is 18.5 Å². The Morgan fingerprint density at radius 3 is 2.43 bits per heavy atom. The highest BCUT2D eigenvalue weighted by Crippen LogP contribution is 2.26. The number of ether oxygens (including phenoxy) is 1. The van der Waals surface area contributed by atoms with Gasteiger partial charge in [-0.25, -0.2) is 8.42 Å². The summed E-state index contributed by atoms with van der Waals surface area (Å²) < 4.78 is 29.5. The number of benzene rings is 2. The van der Waals surface area contributed by atoms with Gasteiger partial charge in [0.1, 0.15) is 6.10 Å². The van der Waals surface area contributed by atoms with Crippen LogP contribution in [0.5, 0.6) is 0 Å². The Bertz CT molecular complexity index is 905. The number of rotatable bonds is 6. The lowest BCUT2D eigenvalue weighted by atomic mass is 9.98. The molecule has 3 rings (SSSR count). The first-order valence-corrected chi connectivity index (χ1v) is 10.8. The van der Waals surface area contributed by atoms with Crippen molar-refractivity contribution >= 4 is 28.2 Å². The van der Waals surface area contributed by atoms with Crippen molar-refractivity contribution in [2.24, 2.45) is 5.73 Å². The van der Waals surface area contributed by atoms with Gasteiger partial charge in [-0.15, -0.1) is 12.4 Å². The summed E-state index contributed by atoms with van der Waals surface area (Å²) in [5.74, 6) is -0.218. The van der Waals surface area contributed by atoms with Crippen molar-refractivity contribution in [3.63, 3.8) is 0 Å². The normalized spacial score (nSPS) is 20.2. The van der Waals surface area contributed by atoms with Gasteiger partial charge in [-0.1, -0.05) is 42.5 Å². The molecule has 28 heavy (non-hydrogen) atoms. The molecule has 0 radical (unpaired) electrons. The number of sulfone groups is 1. The SMILES string of the molecule is CS(=O)(=O)c1cccc(C(NC(=O)[C@@H]2CC[C@H](CN)O2)c2ccccc2)c1.Cl. The second kappa shape index (κ2) is 9.52. The van der Waals surface area contributed by atoms with Crippen molar-refractivity contribution in [1.29, 1.82) is 0 Å². The van der Waals surface area contributed by atoms with Gasteiger partial charge >= 0.3 is 0 Å². The second-order valence-electron chi connectivity index (χ2n) is 6.76. The Morgan fingerprint density at radius 2 is 1.82 bits per heavy atom. The summed E-state index contributed by atoms with van der Waals surface area (Å²) >= 11 is 0. The van der Waals surface area contributed by atoms with E-state index in [0.717, 1.165) is 12.0 Å². The molecule has 0 bridgehead atoms. The number of nitrogens with one attached hydrogen (secondary N) is 1. The monoisotopic (exact) mass is 424 g/mol. The topological polar surface area (TPSA) is 98.5 Å². The van der Waals surface area contributed by atoms with Gasteiger partial charge in [0.2, 0.25) is 5.91 Å². The maximum absolute atomic E-state index is 12.8. The molecule has 0 saturated carbocycles. The molecular weight excluding hydrogens is 400 g/mol. The van der Waals surface area contributed by atoms with Crippen LogP contribution >= 0.6 is 12.4 Å². The van der Waals surface area contributed by atoms with E-state index in [1.165, 1.54) is 6.26 Å². The molecule has 1 amide bonds. The van der Waals surface area contributed by atoms with Crippen LogP contribution in [0.2, 0.25) is 0 Å². The molecule has 2 aromatic rings. The molecule has 2 aromatic carbocycles. The predicted molar refractivity (Wildman–Crippen MR) is 110 cm³/mol. The van der Waals surface area contributed by atoms with Crippen molar-refractivity contribution in [3.8, 4) is 0 Å². The molecule has 1 unspecified atom stereocenters. The second-order valence-corrected chi connectivity index (χ2v) is 8.77. The Balaban J connectivity index is 0.00000280. The van der Waals surface area contributed by atoms with Crippen LogP contribution in [0.25, 0.3) is 0 Å². The van der Waals surface area contributed by atoms with E-state index in [1.54, 1.807) is 18.2 Å². The van der Waals surface area contributed by atoms with Gasteiger partial charge in [-0.3, -0.25) is 4.79 Å². The van der Waals surface area contributed by atoms with Gasteiger partial charge in [0.15, 0.2) is 9.84 Å². The van der Waals surface area contributed by atoms with E-state index >= 15 is 0 Å². The lowest BCUT2D eigenvalue weighted by Crippen LogP contribution is -2.38. The Kier molecular flexibility index (Phi) is 7.60. The summed E-state index contributed by atoms with van der Waals surface area (Å²) in [6.45, 7) is 0.391. The summed E-state index contributed by atoms with van der Waals surface area (Å²) in [7, 11) is -3.35. The standard InChI is InChI=1S/C20H24N2O4S.ClH/c1-27(24,25)17-9-5-8-15(12-17)19(14-6-3-2-4-7-14)22-20(23)18-11-10-16(13-21)26-18;/h2-9,12,16,18-19H,10-11,13,21H2,1H3,(H,22,23);1H/t16-,18+,19?;/m1./s1. The fraction of sp³-hybridized carbons (Fsp3) is 0.350. The maximum Gasteiger partial charge on any atom is 0.249 e. The van der Waals surface area contributed by atoms with E-state index in [4.69, 9.17) is 10.5 Å². The number of nitrogens with two attached hydrogens (primary N) is 1. The average molecular weight is 425 g/mol. The first-order valence-electron chi connectivity index (χ1n) is 8.89. The fourth-order valence-corrected chi connectivity index (χ4v) is 3.91. The first kappa shape index (κ1) is 22.4. The van der Waals surface area contributed by atoms with Crippen LogP contribution in [0.4, 0.5) is 0 Å². The molecule has 1 aliphatic rings. The van der Waals surface area contributed by atoms with E-state index in [1.807, 2.05) is 36.4 Å². The molecule has 3 N–H and O–H groups in total. The molecule has 1 saturated heterocycles. The van der Waals surface area contributed by atoms with Crippen molar-refractivity contribution in [1.82, 2.24) is 5.32 Å². The quantitative estimate of drug-likeness (QED) is 0.740. The third kappa shape index (κ3) is 5.32. The van der Waals surface area contributed by atoms with Crippen LogP contribution in [-0.2, 0) is 19.4 Å². The van der Waals surface area contributed by atoms with E-state index in [9.17, 15) is 13.2 Å². The minimum absolute atomic E-state index is 0. The number of halogens is 1. The molecule has 6 nitrogen and oxygen atoms in total. The number of hydrogen-bond acceptors (Lipinski definition) is 5. The zero-order valence-electron chi connectivity index (χ0n) is 15.6. The summed E-state index contributed by atoms with van der Waals surface area (Å²) in [6, 6.07) is 15.6. The molecule has 152 valence electrons. The van der Waals surface area contributed by atoms with Crippen molar-refractivity contribution in [3.05, 3.63) is 65.7 Å². The first-order chi connectivity index (χ1) is 12.9. The average Bonchev–Trinajstić information content (AvgIpc) is 3.15. The molecule has 0 spiro atoms. The summed E-state index contributed by atoms with van der Waals surface area (Å²) in [4.78, 5) is 13.0. The Hall–Kier alpha value is -1.93.